The SMILES string of the molecule is Cc1noc(C)c1-c1cc2ccc(=O)n(Cc3ccccn3)c2cc1OC(F)(F)Br. The number of hydrogen-bond acceptors (Lipinski definition) is 5. The monoisotopic (exact) mass is 475 g/mol. The molecule has 4 aromatic rings. The van der Waals surface area contributed by atoms with Gasteiger partial charge in [0, 0.05) is 39.8 Å². The minimum atomic E-state index is -3.60. The van der Waals surface area contributed by atoms with E-state index in [-0.39, 0.29) is 17.9 Å². The summed E-state index contributed by atoms with van der Waals surface area (Å²) in [7, 11) is 0. The fraction of sp³-hybridized carbons (Fsp3) is 0.190. The molecule has 0 aliphatic rings. The van der Waals surface area contributed by atoms with Gasteiger partial charge in [-0.1, -0.05) is 11.2 Å². The number of hydrogen-bond donors (Lipinski definition) is 0. The van der Waals surface area contributed by atoms with Gasteiger partial charge < -0.3 is 13.8 Å². The predicted octanol–water partition coefficient (Wildman–Crippen LogP) is 5.04. The Kier molecular flexibility index (Phi) is 5.15. The zero-order valence-electron chi connectivity index (χ0n) is 16.0. The first-order valence-corrected chi connectivity index (χ1v) is 9.79. The van der Waals surface area contributed by atoms with Crippen molar-refractivity contribution in [3.8, 4) is 16.9 Å². The van der Waals surface area contributed by atoms with Gasteiger partial charge in [0.1, 0.15) is 11.5 Å². The van der Waals surface area contributed by atoms with Crippen LogP contribution in [-0.2, 0) is 6.54 Å². The van der Waals surface area contributed by atoms with E-state index in [0.717, 1.165) is 0 Å². The fourth-order valence-electron chi connectivity index (χ4n) is 3.41. The lowest BCUT2D eigenvalue weighted by atomic mass is 10.0. The Morgan fingerprint density at radius 1 is 1.20 bits per heavy atom. The number of pyridine rings is 2. The normalized spacial score (nSPS) is 11.8. The summed E-state index contributed by atoms with van der Waals surface area (Å²) in [4.78, 5) is 16.8. The average molecular weight is 476 g/mol. The van der Waals surface area contributed by atoms with E-state index >= 15 is 0 Å². The molecule has 0 aliphatic heterocycles. The number of ether oxygens (including phenoxy) is 1. The van der Waals surface area contributed by atoms with Crippen LogP contribution in [0.2, 0.25) is 0 Å². The van der Waals surface area contributed by atoms with Crippen molar-refractivity contribution in [1.29, 1.82) is 0 Å². The highest BCUT2D eigenvalue weighted by Crippen LogP contribution is 2.40. The summed E-state index contributed by atoms with van der Waals surface area (Å²) < 4.78 is 39.0. The molecule has 3 aromatic heterocycles. The second-order valence-electron chi connectivity index (χ2n) is 6.73. The molecule has 0 spiro atoms. The third kappa shape index (κ3) is 3.97. The highest BCUT2D eigenvalue weighted by molar-refractivity contribution is 9.09. The number of alkyl halides is 3. The van der Waals surface area contributed by atoms with Gasteiger partial charge in [0.2, 0.25) is 0 Å². The number of rotatable bonds is 5. The molecule has 30 heavy (non-hydrogen) atoms. The van der Waals surface area contributed by atoms with Gasteiger partial charge in [0.25, 0.3) is 5.56 Å². The van der Waals surface area contributed by atoms with Gasteiger partial charge in [-0.25, -0.2) is 0 Å². The van der Waals surface area contributed by atoms with E-state index in [1.807, 2.05) is 6.07 Å². The number of aryl methyl sites for hydroxylation is 2. The zero-order chi connectivity index (χ0) is 21.5. The first-order valence-electron chi connectivity index (χ1n) is 8.99. The molecule has 6 nitrogen and oxygen atoms in total. The zero-order valence-corrected chi connectivity index (χ0v) is 17.6. The second kappa shape index (κ2) is 7.64. The van der Waals surface area contributed by atoms with Crippen LogP contribution in [0, 0.1) is 13.8 Å². The molecule has 0 amide bonds. The van der Waals surface area contributed by atoms with Gasteiger partial charge in [-0.2, -0.15) is 8.78 Å². The van der Waals surface area contributed by atoms with Gasteiger partial charge in [-0.05, 0) is 43.5 Å². The first-order chi connectivity index (χ1) is 14.2. The molecule has 0 fully saturated rings. The Bertz CT molecular complexity index is 1260. The maximum Gasteiger partial charge on any atom is 0.459 e. The van der Waals surface area contributed by atoms with Gasteiger partial charge in [0.15, 0.2) is 0 Å². The van der Waals surface area contributed by atoms with Crippen molar-refractivity contribution in [2.24, 2.45) is 0 Å². The van der Waals surface area contributed by atoms with Crippen LogP contribution in [0.1, 0.15) is 17.1 Å². The summed E-state index contributed by atoms with van der Waals surface area (Å²) in [6.07, 6.45) is 1.63. The molecule has 0 atom stereocenters. The fourth-order valence-corrected chi connectivity index (χ4v) is 3.59. The molecule has 3 heterocycles. The molecule has 154 valence electrons. The summed E-state index contributed by atoms with van der Waals surface area (Å²) in [5.41, 5.74) is 2.31. The lowest BCUT2D eigenvalue weighted by Gasteiger charge is -2.18. The van der Waals surface area contributed by atoms with Gasteiger partial charge in [0.05, 0.1) is 29.0 Å². The van der Waals surface area contributed by atoms with Crippen LogP contribution in [-0.4, -0.2) is 19.7 Å². The third-order valence-corrected chi connectivity index (χ3v) is 4.83. The molecule has 0 radical (unpaired) electrons. The molecule has 4 rings (SSSR count). The molecule has 0 saturated carbocycles. The van der Waals surface area contributed by atoms with E-state index < -0.39 is 5.02 Å². The predicted molar refractivity (Wildman–Crippen MR) is 111 cm³/mol. The number of benzene rings is 1. The van der Waals surface area contributed by atoms with E-state index in [0.29, 0.717) is 39.2 Å². The average Bonchev–Trinajstić information content (AvgIpc) is 3.02. The van der Waals surface area contributed by atoms with Crippen LogP contribution in [0.15, 0.2) is 58.0 Å². The highest BCUT2D eigenvalue weighted by atomic mass is 79.9. The minimum Gasteiger partial charge on any atom is -0.423 e. The number of fused-ring (bicyclic) bond motifs is 1. The van der Waals surface area contributed by atoms with Crippen molar-refractivity contribution >= 4 is 26.8 Å². The molecule has 0 aliphatic carbocycles. The second-order valence-corrected chi connectivity index (χ2v) is 7.66. The maximum absolute atomic E-state index is 13.7. The number of aromatic nitrogens is 3. The summed E-state index contributed by atoms with van der Waals surface area (Å²) in [5, 5.41) is 0.975. The maximum atomic E-state index is 13.7. The molecule has 1 aromatic carbocycles. The van der Waals surface area contributed by atoms with E-state index in [1.165, 1.54) is 16.7 Å². The van der Waals surface area contributed by atoms with Crippen molar-refractivity contribution in [2.45, 2.75) is 25.4 Å². The Morgan fingerprint density at radius 3 is 2.63 bits per heavy atom. The largest absolute Gasteiger partial charge is 0.459 e. The molecule has 0 N–H and O–H groups in total. The summed E-state index contributed by atoms with van der Waals surface area (Å²) in [6, 6.07) is 11.6. The third-order valence-electron chi connectivity index (χ3n) is 4.67. The molecule has 0 bridgehead atoms. The van der Waals surface area contributed by atoms with Gasteiger partial charge >= 0.3 is 5.02 Å². The van der Waals surface area contributed by atoms with Gasteiger partial charge in [-0.3, -0.25) is 9.78 Å². The molecular formula is C21H16BrF2N3O3. The van der Waals surface area contributed by atoms with E-state index in [4.69, 9.17) is 9.26 Å². The number of halogens is 3. The first kappa shape index (κ1) is 20.2. The van der Waals surface area contributed by atoms with Crippen LogP contribution >= 0.6 is 15.9 Å². The summed E-state index contributed by atoms with van der Waals surface area (Å²) in [5.74, 6) is 0.357. The topological polar surface area (TPSA) is 70.2 Å². The molecule has 0 saturated heterocycles. The van der Waals surface area contributed by atoms with Crippen molar-refractivity contribution < 1.29 is 18.0 Å². The van der Waals surface area contributed by atoms with Crippen LogP contribution < -0.4 is 10.3 Å². The summed E-state index contributed by atoms with van der Waals surface area (Å²) >= 11 is 2.23. The van der Waals surface area contributed by atoms with Crippen molar-refractivity contribution in [3.05, 3.63) is 76.2 Å². The summed E-state index contributed by atoms with van der Waals surface area (Å²) in [6.45, 7) is 3.59. The lowest BCUT2D eigenvalue weighted by Crippen LogP contribution is -2.21. The Morgan fingerprint density at radius 2 is 2.00 bits per heavy atom. The molecule has 0 unspecified atom stereocenters. The van der Waals surface area contributed by atoms with Crippen LogP contribution in [0.3, 0.4) is 0 Å². The highest BCUT2D eigenvalue weighted by Gasteiger charge is 2.29. The van der Waals surface area contributed by atoms with Crippen molar-refractivity contribution in [2.75, 3.05) is 0 Å². The van der Waals surface area contributed by atoms with Crippen LogP contribution in [0.4, 0.5) is 8.78 Å². The molecular weight excluding hydrogens is 460 g/mol. The quantitative estimate of drug-likeness (QED) is 0.378. The van der Waals surface area contributed by atoms with Crippen molar-refractivity contribution in [1.82, 2.24) is 14.7 Å². The minimum absolute atomic E-state index is 0.112. The lowest BCUT2D eigenvalue weighted by molar-refractivity contribution is -0.0798. The Balaban J connectivity index is 1.97. The Hall–Kier alpha value is -3.07. The smallest absolute Gasteiger partial charge is 0.423 e. The van der Waals surface area contributed by atoms with Crippen LogP contribution in [0.25, 0.3) is 22.0 Å². The standard InChI is InChI=1S/C21H16BrF2N3O3/c1-12-20(13(2)30-26-12)16-9-14-6-7-19(28)27(11-15-5-3-4-8-25-15)17(14)10-18(16)29-21(22,23)24/h3-10H,11H2,1-2H3. The van der Waals surface area contributed by atoms with Crippen LogP contribution in [0.5, 0.6) is 5.75 Å². The van der Waals surface area contributed by atoms with Gasteiger partial charge in [-0.15, -0.1) is 0 Å². The molecule has 9 heteroatoms. The van der Waals surface area contributed by atoms with E-state index in [1.54, 1.807) is 44.3 Å². The van der Waals surface area contributed by atoms with E-state index in [9.17, 15) is 13.6 Å². The Labute approximate surface area is 178 Å². The van der Waals surface area contributed by atoms with E-state index in [2.05, 4.69) is 26.1 Å². The number of nitrogens with zero attached hydrogens (tertiary/aromatic N) is 3. The van der Waals surface area contributed by atoms with Crippen molar-refractivity contribution in [3.63, 3.8) is 0 Å².